The van der Waals surface area contributed by atoms with Gasteiger partial charge in [0.05, 0.1) is 18.2 Å². The van der Waals surface area contributed by atoms with Crippen molar-refractivity contribution in [3.8, 4) is 5.75 Å². The Bertz CT molecular complexity index is 346. The molecule has 0 saturated heterocycles. The normalized spacial score (nSPS) is 12.7. The number of benzene rings is 1. The lowest BCUT2D eigenvalue weighted by molar-refractivity contribution is -0.145. The first-order chi connectivity index (χ1) is 7.18. The molecule has 16 heavy (non-hydrogen) atoms. The van der Waals surface area contributed by atoms with E-state index >= 15 is 0 Å². The number of methoxy groups -OCH3 is 1. The number of hydrogen-bond donors (Lipinski definition) is 0. The summed E-state index contributed by atoms with van der Waals surface area (Å²) in [4.78, 5) is 0. The lowest BCUT2D eigenvalue weighted by Crippen LogP contribution is -2.13. The van der Waals surface area contributed by atoms with Crippen LogP contribution in [0.25, 0.3) is 0 Å². The molecule has 0 aromatic heterocycles. The number of halogens is 6. The average molecular weight is 243 g/mol. The Labute approximate surface area is 86.6 Å². The minimum atomic E-state index is -4.91. The number of alkyl halides is 6. The molecule has 1 aromatic carbocycles. The Kier molecular flexibility index (Phi) is 3.07. The molecule has 0 saturated carbocycles. The summed E-state index contributed by atoms with van der Waals surface area (Å²) in [5, 5.41) is 0. The molecule has 89 valence electrons. The second-order valence-corrected chi connectivity index (χ2v) is 2.81. The third-order valence-corrected chi connectivity index (χ3v) is 1.76. The first kappa shape index (κ1) is 12.7. The highest BCUT2D eigenvalue weighted by molar-refractivity contribution is 5.44. The first-order valence-electron chi connectivity index (χ1n) is 3.90. The summed E-state index contributed by atoms with van der Waals surface area (Å²) in [6, 6.07) is 2.62. The second kappa shape index (κ2) is 3.88. The van der Waals surface area contributed by atoms with Crippen molar-refractivity contribution in [1.29, 1.82) is 0 Å². The highest BCUT2D eigenvalue weighted by Gasteiger charge is 2.41. The van der Waals surface area contributed by atoms with E-state index in [1.54, 1.807) is 6.07 Å². The van der Waals surface area contributed by atoms with Gasteiger partial charge in [-0.05, 0) is 18.2 Å². The highest BCUT2D eigenvalue weighted by atomic mass is 19.4. The van der Waals surface area contributed by atoms with Crippen LogP contribution in [-0.4, -0.2) is 7.11 Å². The van der Waals surface area contributed by atoms with E-state index in [-0.39, 0.29) is 0 Å². The molecule has 0 aliphatic rings. The maximum atomic E-state index is 12.3. The standard InChI is InChI=1S/C9H5F6O/c1-16-7-5(8(10,11)12)3-2-4-6(7)9(13,14)15/h3-4H,1H3. The van der Waals surface area contributed by atoms with Gasteiger partial charge in [-0.2, -0.15) is 26.3 Å². The van der Waals surface area contributed by atoms with Gasteiger partial charge in [0.15, 0.2) is 0 Å². The third-order valence-electron chi connectivity index (χ3n) is 1.76. The van der Waals surface area contributed by atoms with Crippen molar-refractivity contribution < 1.29 is 31.1 Å². The van der Waals surface area contributed by atoms with Crippen LogP contribution in [0.3, 0.4) is 0 Å². The molecule has 0 N–H and O–H groups in total. The van der Waals surface area contributed by atoms with Crippen LogP contribution < -0.4 is 4.74 Å². The molecule has 0 amide bonds. The minimum Gasteiger partial charge on any atom is -0.495 e. The fourth-order valence-corrected chi connectivity index (χ4v) is 1.13. The zero-order valence-corrected chi connectivity index (χ0v) is 7.83. The average Bonchev–Trinajstić information content (AvgIpc) is 2.13. The predicted octanol–water partition coefficient (Wildman–Crippen LogP) is 3.53. The molecule has 1 nitrogen and oxygen atoms in total. The number of rotatable bonds is 1. The van der Waals surface area contributed by atoms with Crippen LogP contribution in [0.5, 0.6) is 5.75 Å². The van der Waals surface area contributed by atoms with Crippen LogP contribution in [0.2, 0.25) is 0 Å². The van der Waals surface area contributed by atoms with Gasteiger partial charge in [-0.25, -0.2) is 0 Å². The summed E-state index contributed by atoms with van der Waals surface area (Å²) < 4.78 is 78.2. The summed E-state index contributed by atoms with van der Waals surface area (Å²) >= 11 is 0. The van der Waals surface area contributed by atoms with Crippen molar-refractivity contribution in [1.82, 2.24) is 0 Å². The molecule has 0 unspecified atom stereocenters. The van der Waals surface area contributed by atoms with E-state index in [1.807, 2.05) is 0 Å². The fourth-order valence-electron chi connectivity index (χ4n) is 1.13. The van der Waals surface area contributed by atoms with E-state index in [0.717, 1.165) is 7.11 Å². The molecule has 0 heterocycles. The topological polar surface area (TPSA) is 9.23 Å². The lowest BCUT2D eigenvalue weighted by Gasteiger charge is -2.16. The van der Waals surface area contributed by atoms with Gasteiger partial charge < -0.3 is 4.74 Å². The van der Waals surface area contributed by atoms with Gasteiger partial charge in [0.1, 0.15) is 5.75 Å². The summed E-state index contributed by atoms with van der Waals surface area (Å²) in [6.07, 6.45) is -9.83. The maximum Gasteiger partial charge on any atom is 0.420 e. The summed E-state index contributed by atoms with van der Waals surface area (Å²) in [5.74, 6) is -1.24. The molecule has 1 radical (unpaired) electrons. The summed E-state index contributed by atoms with van der Waals surface area (Å²) in [7, 11) is 0.750. The van der Waals surface area contributed by atoms with Gasteiger partial charge >= 0.3 is 12.4 Å². The van der Waals surface area contributed by atoms with Crippen LogP contribution in [0.1, 0.15) is 11.1 Å². The summed E-state index contributed by atoms with van der Waals surface area (Å²) in [6.45, 7) is 0. The zero-order valence-electron chi connectivity index (χ0n) is 7.83. The molecule has 7 heteroatoms. The third kappa shape index (κ3) is 2.40. The second-order valence-electron chi connectivity index (χ2n) is 2.81. The van der Waals surface area contributed by atoms with Gasteiger partial charge in [0.25, 0.3) is 0 Å². The molecule has 0 spiro atoms. The zero-order chi connectivity index (χ0) is 12.6. The molecule has 0 fully saturated rings. The molecule has 1 rings (SSSR count). The van der Waals surface area contributed by atoms with Gasteiger partial charge in [-0.3, -0.25) is 0 Å². The molecule has 0 atom stereocenters. The van der Waals surface area contributed by atoms with Gasteiger partial charge in [-0.1, -0.05) is 0 Å². The molecule has 0 bridgehead atoms. The van der Waals surface area contributed by atoms with Gasteiger partial charge in [0.2, 0.25) is 0 Å². The van der Waals surface area contributed by atoms with Crippen molar-refractivity contribution in [2.24, 2.45) is 0 Å². The molecular weight excluding hydrogens is 238 g/mol. The smallest absolute Gasteiger partial charge is 0.420 e. The molecular formula is C9H5F6O. The monoisotopic (exact) mass is 243 g/mol. The Balaban J connectivity index is 3.45. The van der Waals surface area contributed by atoms with Crippen molar-refractivity contribution in [2.45, 2.75) is 12.4 Å². The van der Waals surface area contributed by atoms with Crippen LogP contribution in [0.15, 0.2) is 12.1 Å². The van der Waals surface area contributed by atoms with Crippen molar-refractivity contribution >= 4 is 0 Å². The molecule has 1 aromatic rings. The lowest BCUT2D eigenvalue weighted by atomic mass is 10.1. The number of ether oxygens (including phenoxy) is 1. The SMILES string of the molecule is COc1c(C(F)(F)F)c[c]cc1C(F)(F)F. The van der Waals surface area contributed by atoms with E-state index in [2.05, 4.69) is 4.74 Å². The van der Waals surface area contributed by atoms with Crippen LogP contribution in [0, 0.1) is 6.07 Å². The Morgan fingerprint density at radius 3 is 1.56 bits per heavy atom. The maximum absolute atomic E-state index is 12.3. The van der Waals surface area contributed by atoms with Crippen molar-refractivity contribution in [2.75, 3.05) is 7.11 Å². The Morgan fingerprint density at radius 1 is 0.938 bits per heavy atom. The fraction of sp³-hybridized carbons (Fsp3) is 0.333. The van der Waals surface area contributed by atoms with E-state index in [4.69, 9.17) is 0 Å². The first-order valence-corrected chi connectivity index (χ1v) is 3.90. The van der Waals surface area contributed by atoms with E-state index < -0.39 is 29.2 Å². The van der Waals surface area contributed by atoms with E-state index in [9.17, 15) is 26.3 Å². The number of hydrogen-bond acceptors (Lipinski definition) is 1. The predicted molar refractivity (Wildman–Crippen MR) is 41.8 cm³/mol. The highest BCUT2D eigenvalue weighted by Crippen LogP contribution is 2.43. The quantitative estimate of drug-likeness (QED) is 0.685. The Hall–Kier alpha value is -1.40. The van der Waals surface area contributed by atoms with Crippen LogP contribution >= 0.6 is 0 Å². The summed E-state index contributed by atoms with van der Waals surface area (Å²) in [5.41, 5.74) is -2.99. The van der Waals surface area contributed by atoms with Crippen molar-refractivity contribution in [3.63, 3.8) is 0 Å². The minimum absolute atomic E-state index is 0.411. The largest absolute Gasteiger partial charge is 0.495 e. The Morgan fingerprint density at radius 2 is 1.31 bits per heavy atom. The van der Waals surface area contributed by atoms with Crippen LogP contribution in [0.4, 0.5) is 26.3 Å². The van der Waals surface area contributed by atoms with E-state index in [1.165, 1.54) is 0 Å². The van der Waals surface area contributed by atoms with Gasteiger partial charge in [-0.15, -0.1) is 0 Å². The van der Waals surface area contributed by atoms with Crippen LogP contribution in [-0.2, 0) is 12.4 Å². The van der Waals surface area contributed by atoms with E-state index in [0.29, 0.717) is 12.1 Å². The molecule has 0 aliphatic carbocycles. The van der Waals surface area contributed by atoms with Gasteiger partial charge in [0, 0.05) is 0 Å². The van der Waals surface area contributed by atoms with Crippen molar-refractivity contribution in [3.05, 3.63) is 29.3 Å². The molecule has 0 aliphatic heterocycles.